The van der Waals surface area contributed by atoms with Crippen LogP contribution in [0.3, 0.4) is 0 Å². The molecular weight excluding hydrogens is 456 g/mol. The molecule has 0 amide bonds. The number of nitrogens with zero attached hydrogens (tertiary/aromatic N) is 3. The zero-order valence-corrected chi connectivity index (χ0v) is 20.0. The first-order chi connectivity index (χ1) is 16.0. The number of aliphatic hydroxyl groups excluding tert-OH is 1. The van der Waals surface area contributed by atoms with Crippen LogP contribution in [0.1, 0.15) is 54.8 Å². The van der Waals surface area contributed by atoms with Gasteiger partial charge in [0.25, 0.3) is 0 Å². The lowest BCUT2D eigenvalue weighted by Crippen LogP contribution is -2.48. The number of nitriles is 1. The highest BCUT2D eigenvalue weighted by molar-refractivity contribution is 7.85. The second-order valence-electron chi connectivity index (χ2n) is 9.99. The van der Waals surface area contributed by atoms with Crippen LogP contribution in [0.4, 0.5) is 11.5 Å². The van der Waals surface area contributed by atoms with Crippen molar-refractivity contribution in [3.8, 4) is 6.07 Å². The maximum atomic E-state index is 12.9. The summed E-state index contributed by atoms with van der Waals surface area (Å²) in [6.07, 6.45) is 5.53. The smallest absolute Gasteiger partial charge is 0.149 e. The van der Waals surface area contributed by atoms with Crippen molar-refractivity contribution in [1.29, 1.82) is 5.26 Å². The minimum absolute atomic E-state index is 0.00805. The summed E-state index contributed by atoms with van der Waals surface area (Å²) in [7, 11) is -1.17. The van der Waals surface area contributed by atoms with Crippen molar-refractivity contribution < 1.29 is 9.32 Å². The highest BCUT2D eigenvalue weighted by Crippen LogP contribution is 2.51. The van der Waals surface area contributed by atoms with Gasteiger partial charge < -0.3 is 15.3 Å². The van der Waals surface area contributed by atoms with E-state index in [4.69, 9.17) is 16.6 Å². The first kappa shape index (κ1) is 21.4. The Morgan fingerprint density at radius 2 is 2.09 bits per heavy atom. The fourth-order valence-corrected chi connectivity index (χ4v) is 7.77. The summed E-state index contributed by atoms with van der Waals surface area (Å²) in [5, 5.41) is 24.5. The van der Waals surface area contributed by atoms with E-state index >= 15 is 0 Å². The van der Waals surface area contributed by atoms with Crippen LogP contribution in [0.25, 0.3) is 0 Å². The molecule has 4 aliphatic rings. The molecule has 2 aliphatic carbocycles. The minimum atomic E-state index is -1.17. The monoisotopic (exact) mass is 482 g/mol. The summed E-state index contributed by atoms with van der Waals surface area (Å²) in [6.45, 7) is 0.875. The average Bonchev–Trinajstić information content (AvgIpc) is 3.50. The van der Waals surface area contributed by atoms with Gasteiger partial charge in [-0.1, -0.05) is 23.7 Å². The van der Waals surface area contributed by atoms with Crippen LogP contribution in [-0.4, -0.2) is 44.8 Å². The Morgan fingerprint density at radius 3 is 2.70 bits per heavy atom. The second-order valence-corrected chi connectivity index (χ2v) is 11.9. The first-order valence-electron chi connectivity index (χ1n) is 11.8. The molecule has 0 radical (unpaired) electrons. The number of benzene rings is 1. The van der Waals surface area contributed by atoms with Gasteiger partial charge in [0.05, 0.1) is 39.2 Å². The van der Waals surface area contributed by atoms with E-state index in [1.54, 1.807) is 0 Å². The number of aromatic nitrogens is 1. The number of aliphatic hydroxyl groups is 1. The quantitative estimate of drug-likeness (QED) is 0.670. The highest BCUT2D eigenvalue weighted by atomic mass is 35.5. The Hall–Kier alpha value is -2.14. The maximum Gasteiger partial charge on any atom is 0.149 e. The summed E-state index contributed by atoms with van der Waals surface area (Å²) < 4.78 is 12.9. The third-order valence-electron chi connectivity index (χ3n) is 8.18. The Morgan fingerprint density at radius 1 is 1.30 bits per heavy atom. The average molecular weight is 483 g/mol. The summed E-state index contributed by atoms with van der Waals surface area (Å²) in [5.74, 6) is 2.29. The predicted octanol–water partition coefficient (Wildman–Crippen LogP) is 3.98. The molecule has 1 aromatic heterocycles. The van der Waals surface area contributed by atoms with Crippen LogP contribution in [-0.2, 0) is 17.2 Å². The molecule has 2 bridgehead atoms. The van der Waals surface area contributed by atoms with Gasteiger partial charge in [0.1, 0.15) is 17.5 Å². The van der Waals surface area contributed by atoms with Gasteiger partial charge in [-0.05, 0) is 61.6 Å². The normalized spacial score (nSPS) is 28.9. The molecule has 4 atom stereocenters. The van der Waals surface area contributed by atoms with Crippen molar-refractivity contribution in [3.05, 3.63) is 46.1 Å². The molecule has 1 aromatic carbocycles. The molecule has 3 heterocycles. The topological polar surface area (TPSA) is 89.2 Å². The molecule has 33 heavy (non-hydrogen) atoms. The molecular formula is C25H27ClN4O2S. The fraction of sp³-hybridized carbons (Fsp3) is 0.520. The Bertz CT molecular complexity index is 1170. The van der Waals surface area contributed by atoms with Crippen LogP contribution >= 0.6 is 11.6 Å². The van der Waals surface area contributed by atoms with Crippen molar-refractivity contribution in [2.45, 2.75) is 60.9 Å². The predicted molar refractivity (Wildman–Crippen MR) is 129 cm³/mol. The number of hydrogen-bond acceptors (Lipinski definition) is 6. The van der Waals surface area contributed by atoms with Crippen LogP contribution in [0.2, 0.25) is 5.02 Å². The fourth-order valence-electron chi connectivity index (χ4n) is 6.27. The number of piperidine rings is 1. The molecule has 1 saturated heterocycles. The van der Waals surface area contributed by atoms with Crippen molar-refractivity contribution in [2.24, 2.45) is 5.92 Å². The zero-order valence-electron chi connectivity index (χ0n) is 18.4. The van der Waals surface area contributed by atoms with Crippen molar-refractivity contribution >= 4 is 33.9 Å². The molecule has 2 aliphatic heterocycles. The largest absolute Gasteiger partial charge is 0.394 e. The van der Waals surface area contributed by atoms with Gasteiger partial charge in [0.15, 0.2) is 0 Å². The van der Waals surface area contributed by atoms with E-state index in [1.165, 1.54) is 5.56 Å². The lowest BCUT2D eigenvalue weighted by atomic mass is 9.77. The Kier molecular flexibility index (Phi) is 5.17. The number of fused-ring (bicyclic) bond motifs is 3. The third kappa shape index (κ3) is 3.38. The molecule has 3 fully saturated rings. The van der Waals surface area contributed by atoms with Crippen molar-refractivity contribution in [3.63, 3.8) is 0 Å². The van der Waals surface area contributed by atoms with E-state index in [9.17, 15) is 14.6 Å². The number of aryl methyl sites for hydroxylation is 1. The van der Waals surface area contributed by atoms with Crippen molar-refractivity contribution in [1.82, 2.24) is 4.98 Å². The van der Waals surface area contributed by atoms with E-state index in [-0.39, 0.29) is 6.61 Å². The van der Waals surface area contributed by atoms with E-state index in [0.717, 1.165) is 55.2 Å². The number of nitrogens with one attached hydrogen (secondary N) is 1. The van der Waals surface area contributed by atoms with Gasteiger partial charge in [-0.15, -0.1) is 0 Å². The summed E-state index contributed by atoms with van der Waals surface area (Å²) >= 11 is 6.09. The van der Waals surface area contributed by atoms with Gasteiger partial charge in [-0.3, -0.25) is 4.21 Å². The van der Waals surface area contributed by atoms with Crippen LogP contribution in [0.15, 0.2) is 29.2 Å². The molecule has 2 N–H and O–H groups in total. The molecule has 0 spiro atoms. The maximum absolute atomic E-state index is 12.9. The van der Waals surface area contributed by atoms with Gasteiger partial charge in [-0.25, -0.2) is 4.98 Å². The Labute approximate surface area is 201 Å². The first-order valence-corrected chi connectivity index (χ1v) is 13.5. The van der Waals surface area contributed by atoms with Gasteiger partial charge in [0.2, 0.25) is 0 Å². The van der Waals surface area contributed by atoms with E-state index in [2.05, 4.69) is 28.4 Å². The Balaban J connectivity index is 1.36. The van der Waals surface area contributed by atoms with E-state index in [1.807, 2.05) is 12.1 Å². The molecule has 2 saturated carbocycles. The van der Waals surface area contributed by atoms with E-state index < -0.39 is 16.3 Å². The SMILES string of the molecule is N#Cc1c(N2CC3CC2CC3c2ccc(Cl)cc2)nc2c(c1NC1(CO)CCC1)S(=O)CC2. The summed E-state index contributed by atoms with van der Waals surface area (Å²) in [6, 6.07) is 10.9. The molecule has 172 valence electrons. The highest BCUT2D eigenvalue weighted by Gasteiger charge is 2.47. The van der Waals surface area contributed by atoms with Crippen molar-refractivity contribution in [2.75, 3.05) is 29.1 Å². The van der Waals surface area contributed by atoms with Gasteiger partial charge in [0, 0.05) is 29.8 Å². The molecule has 6 nitrogen and oxygen atoms in total. The van der Waals surface area contributed by atoms with Crippen LogP contribution < -0.4 is 10.2 Å². The van der Waals surface area contributed by atoms with Crippen LogP contribution in [0.5, 0.6) is 0 Å². The second kappa shape index (κ2) is 7.97. The molecule has 6 rings (SSSR count). The third-order valence-corrected chi connectivity index (χ3v) is 9.90. The van der Waals surface area contributed by atoms with Gasteiger partial charge in [-0.2, -0.15) is 5.26 Å². The zero-order chi connectivity index (χ0) is 22.7. The van der Waals surface area contributed by atoms with E-state index in [0.29, 0.717) is 46.2 Å². The van der Waals surface area contributed by atoms with Gasteiger partial charge >= 0.3 is 0 Å². The molecule has 2 aromatic rings. The lowest BCUT2D eigenvalue weighted by molar-refractivity contribution is 0.144. The van der Waals surface area contributed by atoms with Crippen LogP contribution in [0, 0.1) is 17.2 Å². The number of anilines is 2. The minimum Gasteiger partial charge on any atom is -0.394 e. The molecule has 4 unspecified atom stereocenters. The summed E-state index contributed by atoms with van der Waals surface area (Å²) in [4.78, 5) is 7.93. The summed E-state index contributed by atoms with van der Waals surface area (Å²) in [5.41, 5.74) is 2.89. The number of halogens is 1. The number of hydrogen-bond donors (Lipinski definition) is 2. The molecule has 8 heteroatoms. The number of pyridine rings is 1. The standard InChI is InChI=1S/C25H27ClN4O2S/c26-17-4-2-15(3-5-17)19-11-18-10-16(19)13-30(18)24-20(12-27)22(29-25(14-31)7-1-8-25)23-21(28-24)6-9-33(23)32/h2-5,16,18-19,31H,1,6-11,13-14H2,(H,28,29). The number of rotatable bonds is 5. The lowest BCUT2D eigenvalue weighted by Gasteiger charge is -2.42.